The molecular formula is C20H16ClFN2O5S. The number of halogens is 2. The zero-order valence-corrected chi connectivity index (χ0v) is 17.2. The van der Waals surface area contributed by atoms with Crippen LogP contribution in [0.5, 0.6) is 0 Å². The number of thioether (sulfide) groups is 1. The van der Waals surface area contributed by atoms with Crippen LogP contribution in [0.3, 0.4) is 0 Å². The largest absolute Gasteiger partial charge is 0.457 e. The van der Waals surface area contributed by atoms with E-state index in [1.807, 2.05) is 0 Å². The molecule has 3 amide bonds. The van der Waals surface area contributed by atoms with Crippen molar-refractivity contribution in [2.45, 2.75) is 0 Å². The summed E-state index contributed by atoms with van der Waals surface area (Å²) < 4.78 is 24.2. The third-order valence-corrected chi connectivity index (χ3v) is 5.83. The van der Waals surface area contributed by atoms with Crippen LogP contribution in [-0.2, 0) is 14.3 Å². The van der Waals surface area contributed by atoms with Gasteiger partial charge in [0.05, 0.1) is 23.1 Å². The molecule has 0 saturated carbocycles. The maximum atomic E-state index is 13.3. The molecule has 0 N–H and O–H groups in total. The number of rotatable bonds is 4. The van der Waals surface area contributed by atoms with Crippen LogP contribution in [0, 0.1) is 5.82 Å². The number of morpholine rings is 1. The van der Waals surface area contributed by atoms with Crippen molar-refractivity contribution in [3.05, 3.63) is 51.8 Å². The maximum absolute atomic E-state index is 13.3. The number of ether oxygens (including phenoxy) is 1. The molecule has 2 aromatic rings. The second-order valence-corrected chi connectivity index (χ2v) is 7.99. The zero-order valence-electron chi connectivity index (χ0n) is 15.6. The topological polar surface area (TPSA) is 80.1 Å². The van der Waals surface area contributed by atoms with E-state index in [1.54, 1.807) is 17.0 Å². The van der Waals surface area contributed by atoms with Gasteiger partial charge in [-0.15, -0.1) is 0 Å². The van der Waals surface area contributed by atoms with Crippen molar-refractivity contribution >= 4 is 46.5 Å². The molecule has 0 bridgehead atoms. The van der Waals surface area contributed by atoms with E-state index in [0.29, 0.717) is 43.4 Å². The SMILES string of the molecule is O=C(CN1C(=O)S/C(=C\c2ccc(-c3ccc(F)c(Cl)c3)o2)C1=O)N1CCOCC1. The molecule has 30 heavy (non-hydrogen) atoms. The van der Waals surface area contributed by atoms with Gasteiger partial charge in [-0.2, -0.15) is 0 Å². The van der Waals surface area contributed by atoms with E-state index in [0.717, 1.165) is 16.7 Å². The minimum absolute atomic E-state index is 0.0310. The number of hydrogen-bond acceptors (Lipinski definition) is 6. The van der Waals surface area contributed by atoms with Crippen LogP contribution >= 0.6 is 23.4 Å². The fourth-order valence-corrected chi connectivity index (χ4v) is 4.05. The summed E-state index contributed by atoms with van der Waals surface area (Å²) in [5, 5.41) is -0.540. The van der Waals surface area contributed by atoms with Gasteiger partial charge in [-0.25, -0.2) is 4.39 Å². The molecule has 2 aliphatic rings. The summed E-state index contributed by atoms with van der Waals surface area (Å²) in [7, 11) is 0. The average molecular weight is 451 g/mol. The molecule has 1 aromatic carbocycles. The number of benzene rings is 1. The Morgan fingerprint density at radius 3 is 2.70 bits per heavy atom. The van der Waals surface area contributed by atoms with Crippen LogP contribution in [0.2, 0.25) is 5.02 Å². The molecule has 7 nitrogen and oxygen atoms in total. The number of amides is 3. The van der Waals surface area contributed by atoms with Crippen LogP contribution in [0.15, 0.2) is 39.7 Å². The minimum atomic E-state index is -0.547. The first-order valence-corrected chi connectivity index (χ1v) is 10.3. The van der Waals surface area contributed by atoms with E-state index in [2.05, 4.69) is 0 Å². The highest BCUT2D eigenvalue weighted by atomic mass is 35.5. The first kappa shape index (κ1) is 20.6. The summed E-state index contributed by atoms with van der Waals surface area (Å²) in [5.74, 6) is -0.600. The van der Waals surface area contributed by atoms with Gasteiger partial charge < -0.3 is 14.1 Å². The summed E-state index contributed by atoms with van der Waals surface area (Å²) in [4.78, 5) is 39.9. The molecular weight excluding hydrogens is 435 g/mol. The highest BCUT2D eigenvalue weighted by Gasteiger charge is 2.37. The molecule has 0 spiro atoms. The van der Waals surface area contributed by atoms with Crippen molar-refractivity contribution < 1.29 is 27.9 Å². The van der Waals surface area contributed by atoms with Gasteiger partial charge in [0.15, 0.2) is 0 Å². The molecule has 2 saturated heterocycles. The summed E-state index contributed by atoms with van der Waals surface area (Å²) in [6.45, 7) is 1.45. The summed E-state index contributed by atoms with van der Waals surface area (Å²) in [6, 6.07) is 7.47. The molecule has 2 aliphatic heterocycles. The van der Waals surface area contributed by atoms with E-state index in [1.165, 1.54) is 24.3 Å². The molecule has 0 radical (unpaired) electrons. The third kappa shape index (κ3) is 4.28. The van der Waals surface area contributed by atoms with Gasteiger partial charge >= 0.3 is 0 Å². The lowest BCUT2D eigenvalue weighted by Crippen LogP contribution is -2.46. The van der Waals surface area contributed by atoms with Gasteiger partial charge in [0.1, 0.15) is 23.9 Å². The van der Waals surface area contributed by atoms with E-state index in [-0.39, 0.29) is 22.4 Å². The standard InChI is InChI=1S/C20H16ClFN2O5S/c21-14-9-12(1-3-15(14)22)16-4-2-13(29-16)10-17-19(26)24(20(27)30-17)11-18(25)23-5-7-28-8-6-23/h1-4,9-10H,5-8,11H2/b17-10-. The lowest BCUT2D eigenvalue weighted by molar-refractivity contribution is -0.139. The number of imide groups is 1. The Hall–Kier alpha value is -2.62. The number of carbonyl (C=O) groups excluding carboxylic acids is 3. The van der Waals surface area contributed by atoms with Gasteiger partial charge in [-0.1, -0.05) is 11.6 Å². The first-order valence-electron chi connectivity index (χ1n) is 9.08. The Bertz CT molecular complexity index is 1050. The molecule has 156 valence electrons. The number of nitrogens with zero attached hydrogens (tertiary/aromatic N) is 2. The van der Waals surface area contributed by atoms with Crippen molar-refractivity contribution in [3.8, 4) is 11.3 Å². The van der Waals surface area contributed by atoms with Gasteiger partial charge in [0, 0.05) is 24.7 Å². The number of carbonyl (C=O) groups is 3. The van der Waals surface area contributed by atoms with Crippen molar-refractivity contribution in [1.82, 2.24) is 9.80 Å². The van der Waals surface area contributed by atoms with E-state index < -0.39 is 17.0 Å². The highest BCUT2D eigenvalue weighted by Crippen LogP contribution is 2.33. The average Bonchev–Trinajstić information content (AvgIpc) is 3.31. The smallest absolute Gasteiger partial charge is 0.294 e. The van der Waals surface area contributed by atoms with Crippen LogP contribution in [0.1, 0.15) is 5.76 Å². The van der Waals surface area contributed by atoms with Crippen molar-refractivity contribution in [3.63, 3.8) is 0 Å². The minimum Gasteiger partial charge on any atom is -0.457 e. The normalized spacial score (nSPS) is 18.5. The van der Waals surface area contributed by atoms with Gasteiger partial charge in [-0.05, 0) is 42.1 Å². The number of hydrogen-bond donors (Lipinski definition) is 0. The predicted molar refractivity (Wildman–Crippen MR) is 109 cm³/mol. The predicted octanol–water partition coefficient (Wildman–Crippen LogP) is 3.63. The van der Waals surface area contributed by atoms with Crippen LogP contribution < -0.4 is 0 Å². The van der Waals surface area contributed by atoms with Crippen LogP contribution in [-0.4, -0.2) is 59.7 Å². The van der Waals surface area contributed by atoms with Crippen molar-refractivity contribution in [1.29, 1.82) is 0 Å². The van der Waals surface area contributed by atoms with Gasteiger partial charge in [0.25, 0.3) is 11.1 Å². The fourth-order valence-electron chi connectivity index (χ4n) is 3.05. The molecule has 10 heteroatoms. The lowest BCUT2D eigenvalue weighted by atomic mass is 10.2. The molecule has 4 rings (SSSR count). The summed E-state index contributed by atoms with van der Waals surface area (Å²) in [6.07, 6.45) is 1.44. The second kappa shape index (κ2) is 8.63. The molecule has 0 aliphatic carbocycles. The summed E-state index contributed by atoms with van der Waals surface area (Å²) in [5.41, 5.74) is 0.574. The van der Waals surface area contributed by atoms with Crippen LogP contribution in [0.25, 0.3) is 17.4 Å². The maximum Gasteiger partial charge on any atom is 0.294 e. The van der Waals surface area contributed by atoms with E-state index >= 15 is 0 Å². The third-order valence-electron chi connectivity index (χ3n) is 4.64. The summed E-state index contributed by atoms with van der Waals surface area (Å²) >= 11 is 6.55. The second-order valence-electron chi connectivity index (χ2n) is 6.59. The molecule has 0 unspecified atom stereocenters. The number of furan rings is 1. The van der Waals surface area contributed by atoms with Gasteiger partial charge in [-0.3, -0.25) is 19.3 Å². The Labute approximate surface area is 180 Å². The monoisotopic (exact) mass is 450 g/mol. The Morgan fingerprint density at radius 1 is 1.20 bits per heavy atom. The highest BCUT2D eigenvalue weighted by molar-refractivity contribution is 8.18. The Kier molecular flexibility index (Phi) is 5.94. The Morgan fingerprint density at radius 2 is 1.97 bits per heavy atom. The zero-order chi connectivity index (χ0) is 21.3. The van der Waals surface area contributed by atoms with Crippen molar-refractivity contribution in [2.24, 2.45) is 0 Å². The van der Waals surface area contributed by atoms with Crippen LogP contribution in [0.4, 0.5) is 9.18 Å². The lowest BCUT2D eigenvalue weighted by Gasteiger charge is -2.27. The van der Waals surface area contributed by atoms with Crippen molar-refractivity contribution in [2.75, 3.05) is 32.8 Å². The molecule has 0 atom stereocenters. The molecule has 1 aromatic heterocycles. The Balaban J connectivity index is 1.47. The quantitative estimate of drug-likeness (QED) is 0.662. The van der Waals surface area contributed by atoms with E-state index in [4.69, 9.17) is 20.8 Å². The molecule has 3 heterocycles. The fraction of sp³-hybridized carbons (Fsp3) is 0.250. The first-order chi connectivity index (χ1) is 14.4. The molecule has 2 fully saturated rings. The van der Waals surface area contributed by atoms with E-state index in [9.17, 15) is 18.8 Å². The van der Waals surface area contributed by atoms with Gasteiger partial charge in [0.2, 0.25) is 5.91 Å².